The average Bonchev–Trinajstić information content (AvgIpc) is 2.30. The zero-order valence-corrected chi connectivity index (χ0v) is 10.7. The molecule has 0 bridgehead atoms. The molecule has 0 aromatic heterocycles. The molecule has 0 heterocycles. The molecule has 2 N–H and O–H groups in total. The second-order valence-electron chi connectivity index (χ2n) is 4.39. The van der Waals surface area contributed by atoms with Gasteiger partial charge in [-0.1, -0.05) is 37.8 Å². The Balaban J connectivity index is 3.06. The summed E-state index contributed by atoms with van der Waals surface area (Å²) in [6.07, 6.45) is 14.3. The number of aliphatic carboxylic acids is 1. The van der Waals surface area contributed by atoms with Gasteiger partial charge in [-0.15, -0.1) is 0 Å². The lowest BCUT2D eigenvalue weighted by molar-refractivity contribution is -0.137. The van der Waals surface area contributed by atoms with Crippen molar-refractivity contribution >= 4 is 5.97 Å². The normalized spacial score (nSPS) is 11.1. The molecular formula is C14H26O3. The third kappa shape index (κ3) is 15.2. The Hall–Kier alpha value is -0.830. The van der Waals surface area contributed by atoms with Crippen LogP contribution in [0.2, 0.25) is 0 Å². The fourth-order valence-electron chi connectivity index (χ4n) is 1.69. The van der Waals surface area contributed by atoms with Gasteiger partial charge in [-0.25, -0.2) is 0 Å². The quantitative estimate of drug-likeness (QED) is 0.406. The predicted molar refractivity (Wildman–Crippen MR) is 70.0 cm³/mol. The van der Waals surface area contributed by atoms with Gasteiger partial charge in [0.1, 0.15) is 0 Å². The molecule has 0 aliphatic rings. The molecule has 0 atom stereocenters. The van der Waals surface area contributed by atoms with E-state index in [1.165, 1.54) is 25.7 Å². The molecule has 0 aliphatic heterocycles. The summed E-state index contributed by atoms with van der Waals surface area (Å²) in [6.45, 7) is 0.319. The minimum Gasteiger partial charge on any atom is -0.481 e. The van der Waals surface area contributed by atoms with Crippen LogP contribution in [-0.2, 0) is 4.79 Å². The lowest BCUT2D eigenvalue weighted by Gasteiger charge is -1.98. The number of aliphatic hydroxyl groups is 1. The second-order valence-corrected chi connectivity index (χ2v) is 4.39. The van der Waals surface area contributed by atoms with Crippen molar-refractivity contribution < 1.29 is 15.0 Å². The number of allylic oxidation sites excluding steroid dienone is 2. The predicted octanol–water partition coefficient (Wildman–Crippen LogP) is 3.52. The van der Waals surface area contributed by atoms with Crippen LogP contribution in [0.25, 0.3) is 0 Å². The van der Waals surface area contributed by atoms with Crippen LogP contribution in [0.3, 0.4) is 0 Å². The number of carbonyl (C=O) groups is 1. The Labute approximate surface area is 105 Å². The number of unbranched alkanes of at least 4 members (excludes halogenated alkanes) is 7. The standard InChI is InChI=1S/C14H26O3/c15-13-11-9-7-5-3-1-2-4-6-8-10-12-14(16)17/h4,6,15H,1-3,5,7-13H2,(H,16,17)/b6-4-. The number of hydrogen-bond acceptors (Lipinski definition) is 2. The Kier molecular flexibility index (Phi) is 12.6. The van der Waals surface area contributed by atoms with Crippen LogP contribution >= 0.6 is 0 Å². The summed E-state index contributed by atoms with van der Waals surface area (Å²) < 4.78 is 0. The van der Waals surface area contributed by atoms with Crippen LogP contribution in [0.15, 0.2) is 12.2 Å². The van der Waals surface area contributed by atoms with Crippen molar-refractivity contribution in [3.05, 3.63) is 12.2 Å². The minimum absolute atomic E-state index is 0.273. The van der Waals surface area contributed by atoms with E-state index in [9.17, 15) is 4.79 Å². The van der Waals surface area contributed by atoms with Crippen molar-refractivity contribution in [1.29, 1.82) is 0 Å². The second kappa shape index (κ2) is 13.2. The molecule has 0 spiro atoms. The molecular weight excluding hydrogens is 216 g/mol. The summed E-state index contributed by atoms with van der Waals surface area (Å²) in [4.78, 5) is 10.2. The Morgan fingerprint density at radius 1 is 0.824 bits per heavy atom. The number of hydrogen-bond donors (Lipinski definition) is 2. The van der Waals surface area contributed by atoms with E-state index in [1.54, 1.807) is 0 Å². The molecule has 0 saturated heterocycles. The molecule has 0 aromatic carbocycles. The molecule has 100 valence electrons. The molecule has 0 aliphatic carbocycles. The van der Waals surface area contributed by atoms with Gasteiger partial charge in [-0.2, -0.15) is 0 Å². The van der Waals surface area contributed by atoms with Crippen LogP contribution in [0.4, 0.5) is 0 Å². The minimum atomic E-state index is -0.707. The summed E-state index contributed by atoms with van der Waals surface area (Å²) in [5, 5.41) is 17.0. The molecule has 0 aromatic rings. The summed E-state index contributed by atoms with van der Waals surface area (Å²) in [6, 6.07) is 0. The average molecular weight is 242 g/mol. The fourth-order valence-corrected chi connectivity index (χ4v) is 1.69. The van der Waals surface area contributed by atoms with E-state index in [1.807, 2.05) is 0 Å². The van der Waals surface area contributed by atoms with Gasteiger partial charge < -0.3 is 10.2 Å². The topological polar surface area (TPSA) is 57.5 Å². The van der Waals surface area contributed by atoms with Gasteiger partial charge in [-0.3, -0.25) is 4.79 Å². The van der Waals surface area contributed by atoms with Gasteiger partial charge in [0.05, 0.1) is 0 Å². The highest BCUT2D eigenvalue weighted by Crippen LogP contribution is 2.07. The van der Waals surface area contributed by atoms with Gasteiger partial charge in [0.15, 0.2) is 0 Å². The summed E-state index contributed by atoms with van der Waals surface area (Å²) in [5.74, 6) is -0.707. The number of rotatable bonds is 12. The van der Waals surface area contributed by atoms with E-state index in [-0.39, 0.29) is 6.42 Å². The van der Waals surface area contributed by atoms with Gasteiger partial charge >= 0.3 is 5.97 Å². The first-order valence-electron chi connectivity index (χ1n) is 6.75. The van der Waals surface area contributed by atoms with E-state index in [0.717, 1.165) is 32.1 Å². The monoisotopic (exact) mass is 242 g/mol. The van der Waals surface area contributed by atoms with Gasteiger partial charge in [0.2, 0.25) is 0 Å². The molecule has 0 rings (SSSR count). The number of carboxylic acids is 1. The lowest BCUT2D eigenvalue weighted by atomic mass is 10.1. The Morgan fingerprint density at radius 2 is 1.35 bits per heavy atom. The highest BCUT2D eigenvalue weighted by Gasteiger charge is 1.93. The van der Waals surface area contributed by atoms with Crippen molar-refractivity contribution in [2.75, 3.05) is 6.61 Å². The number of aliphatic hydroxyl groups excluding tert-OH is 1. The van der Waals surface area contributed by atoms with Crippen molar-refractivity contribution in [3.63, 3.8) is 0 Å². The summed E-state index contributed by atoms with van der Waals surface area (Å²) >= 11 is 0. The third-order valence-electron chi connectivity index (χ3n) is 2.71. The van der Waals surface area contributed by atoms with Crippen molar-refractivity contribution in [1.82, 2.24) is 0 Å². The molecule has 0 unspecified atom stereocenters. The molecule has 3 nitrogen and oxygen atoms in total. The Bertz CT molecular complexity index is 200. The van der Waals surface area contributed by atoms with E-state index in [2.05, 4.69) is 12.2 Å². The van der Waals surface area contributed by atoms with Crippen LogP contribution < -0.4 is 0 Å². The van der Waals surface area contributed by atoms with Crippen LogP contribution in [-0.4, -0.2) is 22.8 Å². The van der Waals surface area contributed by atoms with Crippen LogP contribution in [0.1, 0.15) is 64.2 Å². The molecule has 0 radical (unpaired) electrons. The molecule has 0 fully saturated rings. The van der Waals surface area contributed by atoms with Crippen molar-refractivity contribution in [2.45, 2.75) is 64.2 Å². The first kappa shape index (κ1) is 16.2. The molecule has 0 saturated carbocycles. The van der Waals surface area contributed by atoms with Crippen molar-refractivity contribution in [3.8, 4) is 0 Å². The maximum Gasteiger partial charge on any atom is 0.303 e. The van der Waals surface area contributed by atoms with E-state index < -0.39 is 5.97 Å². The van der Waals surface area contributed by atoms with Crippen LogP contribution in [0, 0.1) is 0 Å². The van der Waals surface area contributed by atoms with E-state index >= 15 is 0 Å². The van der Waals surface area contributed by atoms with Gasteiger partial charge in [0.25, 0.3) is 0 Å². The summed E-state index contributed by atoms with van der Waals surface area (Å²) in [7, 11) is 0. The zero-order valence-electron chi connectivity index (χ0n) is 10.7. The van der Waals surface area contributed by atoms with E-state index in [0.29, 0.717) is 6.61 Å². The lowest BCUT2D eigenvalue weighted by Crippen LogP contribution is -1.92. The highest BCUT2D eigenvalue weighted by molar-refractivity contribution is 5.66. The maximum atomic E-state index is 10.2. The summed E-state index contributed by atoms with van der Waals surface area (Å²) in [5.41, 5.74) is 0. The van der Waals surface area contributed by atoms with E-state index in [4.69, 9.17) is 10.2 Å². The molecule has 17 heavy (non-hydrogen) atoms. The van der Waals surface area contributed by atoms with Gasteiger partial charge in [0, 0.05) is 13.0 Å². The zero-order chi connectivity index (χ0) is 12.8. The van der Waals surface area contributed by atoms with Gasteiger partial charge in [-0.05, 0) is 32.1 Å². The highest BCUT2D eigenvalue weighted by atomic mass is 16.4. The first-order valence-corrected chi connectivity index (χ1v) is 6.75. The Morgan fingerprint density at radius 3 is 1.94 bits per heavy atom. The fraction of sp³-hybridized carbons (Fsp3) is 0.786. The SMILES string of the molecule is O=C(O)CCC/C=C\CCCCCCCCO. The largest absolute Gasteiger partial charge is 0.481 e. The maximum absolute atomic E-state index is 10.2. The molecule has 0 amide bonds. The third-order valence-corrected chi connectivity index (χ3v) is 2.71. The number of carboxylic acid groups (broad SMARTS) is 1. The van der Waals surface area contributed by atoms with Crippen molar-refractivity contribution in [2.24, 2.45) is 0 Å². The molecule has 3 heteroatoms. The smallest absolute Gasteiger partial charge is 0.303 e. The van der Waals surface area contributed by atoms with Crippen LogP contribution in [0.5, 0.6) is 0 Å². The first-order chi connectivity index (χ1) is 8.27.